The molecule has 0 bridgehead atoms. The molecule has 6 nitrogen and oxygen atoms in total. The Labute approximate surface area is 121 Å². The van der Waals surface area contributed by atoms with Crippen molar-refractivity contribution >= 4 is 11.9 Å². The lowest BCUT2D eigenvalue weighted by Crippen LogP contribution is -2.22. The first-order chi connectivity index (χ1) is 10.2. The van der Waals surface area contributed by atoms with E-state index in [1.165, 1.54) is 0 Å². The van der Waals surface area contributed by atoms with Crippen LogP contribution in [-0.2, 0) is 17.8 Å². The smallest absolute Gasteiger partial charge is 0.374 e. The zero-order chi connectivity index (χ0) is 14.8. The second kappa shape index (κ2) is 5.40. The fourth-order valence-electron chi connectivity index (χ4n) is 2.27. The van der Waals surface area contributed by atoms with E-state index < -0.39 is 5.97 Å². The number of nitrogens with zero attached hydrogens (tertiary/aromatic N) is 2. The lowest BCUT2D eigenvalue weighted by molar-refractivity contribution is 0.0486. The van der Waals surface area contributed by atoms with Crippen molar-refractivity contribution in [3.05, 3.63) is 53.2 Å². The quantitative estimate of drug-likeness (QED) is 0.804. The number of hydrogen-bond acceptors (Lipinski definition) is 5. The zero-order valence-electron chi connectivity index (χ0n) is 11.5. The average molecular weight is 286 g/mol. The molecule has 0 saturated carbocycles. The summed E-state index contributed by atoms with van der Waals surface area (Å²) in [6.07, 6.45) is 1.67. The molecule has 0 fully saturated rings. The molecule has 0 spiro atoms. The standard InChI is InChI=1S/C15H14N2O4/c1-2-20-15(19)13-6-5-10(21-13)8-17-9-12-11(14(17)18)4-3-7-16-12/h3-7H,2,8-9H2,1H3. The van der Waals surface area contributed by atoms with Crippen LogP contribution in [0.25, 0.3) is 0 Å². The number of pyridine rings is 1. The zero-order valence-corrected chi connectivity index (χ0v) is 11.5. The summed E-state index contributed by atoms with van der Waals surface area (Å²) in [5.74, 6) is 0.113. The lowest BCUT2D eigenvalue weighted by Gasteiger charge is -2.12. The second-order valence-corrected chi connectivity index (χ2v) is 4.65. The highest BCUT2D eigenvalue weighted by atomic mass is 16.5. The van der Waals surface area contributed by atoms with E-state index in [0.29, 0.717) is 31.0 Å². The highest BCUT2D eigenvalue weighted by molar-refractivity contribution is 5.97. The van der Waals surface area contributed by atoms with Gasteiger partial charge in [-0.2, -0.15) is 0 Å². The second-order valence-electron chi connectivity index (χ2n) is 4.65. The monoisotopic (exact) mass is 286 g/mol. The number of ether oxygens (including phenoxy) is 1. The van der Waals surface area contributed by atoms with E-state index in [1.54, 1.807) is 42.3 Å². The maximum Gasteiger partial charge on any atom is 0.374 e. The minimum atomic E-state index is -0.499. The molecule has 0 aromatic carbocycles. The molecule has 3 rings (SSSR count). The van der Waals surface area contributed by atoms with E-state index in [9.17, 15) is 9.59 Å². The number of aromatic nitrogens is 1. The Morgan fingerprint density at radius 2 is 2.29 bits per heavy atom. The number of amides is 1. The van der Waals surface area contributed by atoms with Gasteiger partial charge < -0.3 is 14.1 Å². The van der Waals surface area contributed by atoms with Crippen LogP contribution in [0.4, 0.5) is 0 Å². The molecule has 0 saturated heterocycles. The van der Waals surface area contributed by atoms with Crippen molar-refractivity contribution in [1.29, 1.82) is 0 Å². The average Bonchev–Trinajstić information content (AvgIpc) is 3.06. The topological polar surface area (TPSA) is 72.6 Å². The summed E-state index contributed by atoms with van der Waals surface area (Å²) in [6, 6.07) is 6.73. The lowest BCUT2D eigenvalue weighted by atomic mass is 10.2. The Morgan fingerprint density at radius 1 is 1.43 bits per heavy atom. The molecular formula is C15H14N2O4. The van der Waals surface area contributed by atoms with Crippen LogP contribution in [0.1, 0.15) is 39.3 Å². The molecule has 2 aromatic heterocycles. The summed E-state index contributed by atoms with van der Waals surface area (Å²) in [5.41, 5.74) is 1.38. The van der Waals surface area contributed by atoms with E-state index in [1.807, 2.05) is 0 Å². The summed E-state index contributed by atoms with van der Waals surface area (Å²) in [4.78, 5) is 29.6. The van der Waals surface area contributed by atoms with Crippen LogP contribution in [0.5, 0.6) is 0 Å². The van der Waals surface area contributed by atoms with E-state index in [0.717, 1.165) is 5.69 Å². The van der Waals surface area contributed by atoms with Gasteiger partial charge in [0.15, 0.2) is 0 Å². The predicted molar refractivity (Wildman–Crippen MR) is 72.5 cm³/mol. The fourth-order valence-corrected chi connectivity index (χ4v) is 2.27. The van der Waals surface area contributed by atoms with Crippen molar-refractivity contribution in [2.24, 2.45) is 0 Å². The molecule has 2 aromatic rings. The number of hydrogen-bond donors (Lipinski definition) is 0. The van der Waals surface area contributed by atoms with Crippen molar-refractivity contribution < 1.29 is 18.7 Å². The van der Waals surface area contributed by atoms with Gasteiger partial charge in [-0.1, -0.05) is 0 Å². The van der Waals surface area contributed by atoms with Crippen molar-refractivity contribution in [3.63, 3.8) is 0 Å². The molecule has 3 heterocycles. The van der Waals surface area contributed by atoms with Gasteiger partial charge in [-0.25, -0.2) is 4.79 Å². The molecule has 0 radical (unpaired) electrons. The van der Waals surface area contributed by atoms with Gasteiger partial charge >= 0.3 is 5.97 Å². The highest BCUT2D eigenvalue weighted by Gasteiger charge is 2.28. The highest BCUT2D eigenvalue weighted by Crippen LogP contribution is 2.23. The van der Waals surface area contributed by atoms with Crippen LogP contribution in [0.15, 0.2) is 34.9 Å². The Kier molecular flexibility index (Phi) is 3.43. The van der Waals surface area contributed by atoms with Crippen molar-refractivity contribution in [3.8, 4) is 0 Å². The predicted octanol–water partition coefficient (Wildman–Crippen LogP) is 2.01. The Hall–Kier alpha value is -2.63. The van der Waals surface area contributed by atoms with Crippen LogP contribution in [0.2, 0.25) is 0 Å². The Morgan fingerprint density at radius 3 is 3.05 bits per heavy atom. The van der Waals surface area contributed by atoms with Crippen LogP contribution in [-0.4, -0.2) is 28.4 Å². The van der Waals surface area contributed by atoms with Crippen LogP contribution in [0.3, 0.4) is 0 Å². The van der Waals surface area contributed by atoms with E-state index >= 15 is 0 Å². The third kappa shape index (κ3) is 2.52. The first kappa shape index (κ1) is 13.4. The largest absolute Gasteiger partial charge is 0.460 e. The van der Waals surface area contributed by atoms with Crippen LogP contribution in [0, 0.1) is 0 Å². The molecule has 1 aliphatic heterocycles. The minimum Gasteiger partial charge on any atom is -0.460 e. The molecule has 21 heavy (non-hydrogen) atoms. The molecule has 6 heteroatoms. The van der Waals surface area contributed by atoms with E-state index in [-0.39, 0.29) is 11.7 Å². The summed E-state index contributed by atoms with van der Waals surface area (Å²) >= 11 is 0. The molecule has 108 valence electrons. The van der Waals surface area contributed by atoms with Crippen molar-refractivity contribution in [2.45, 2.75) is 20.0 Å². The third-order valence-electron chi connectivity index (χ3n) is 3.23. The van der Waals surface area contributed by atoms with E-state index in [4.69, 9.17) is 9.15 Å². The van der Waals surface area contributed by atoms with Crippen molar-refractivity contribution in [2.75, 3.05) is 6.61 Å². The van der Waals surface area contributed by atoms with Crippen molar-refractivity contribution in [1.82, 2.24) is 9.88 Å². The maximum absolute atomic E-state index is 12.2. The summed E-state index contributed by atoms with van der Waals surface area (Å²) in [5, 5.41) is 0. The van der Waals surface area contributed by atoms with Crippen LogP contribution >= 0.6 is 0 Å². The first-order valence-corrected chi connectivity index (χ1v) is 6.68. The third-order valence-corrected chi connectivity index (χ3v) is 3.23. The summed E-state index contributed by atoms with van der Waals surface area (Å²) < 4.78 is 10.3. The first-order valence-electron chi connectivity index (χ1n) is 6.68. The fraction of sp³-hybridized carbons (Fsp3) is 0.267. The molecular weight excluding hydrogens is 272 g/mol. The van der Waals surface area contributed by atoms with E-state index in [2.05, 4.69) is 4.98 Å². The number of carbonyl (C=O) groups excluding carboxylic acids is 2. The number of furan rings is 1. The van der Waals surface area contributed by atoms with Gasteiger partial charge in [0.05, 0.1) is 31.0 Å². The molecule has 1 amide bonds. The van der Waals surface area contributed by atoms with Gasteiger partial charge in [0.1, 0.15) is 5.76 Å². The maximum atomic E-state index is 12.2. The number of esters is 1. The summed E-state index contributed by atoms with van der Waals surface area (Å²) in [6.45, 7) is 2.77. The number of fused-ring (bicyclic) bond motifs is 1. The number of carbonyl (C=O) groups is 2. The normalized spacial score (nSPS) is 13.4. The van der Waals surface area contributed by atoms with Gasteiger partial charge in [-0.05, 0) is 31.2 Å². The van der Waals surface area contributed by atoms with Gasteiger partial charge in [0, 0.05) is 6.20 Å². The SMILES string of the molecule is CCOC(=O)c1ccc(CN2Cc3ncccc3C2=O)o1. The van der Waals surface area contributed by atoms with Crippen LogP contribution < -0.4 is 0 Å². The Balaban J connectivity index is 1.71. The molecule has 0 aliphatic carbocycles. The van der Waals surface area contributed by atoms with Gasteiger partial charge in [0.25, 0.3) is 5.91 Å². The Bertz CT molecular complexity index is 692. The molecule has 0 N–H and O–H groups in total. The molecule has 1 aliphatic rings. The molecule has 0 atom stereocenters. The van der Waals surface area contributed by atoms with Gasteiger partial charge in [0.2, 0.25) is 5.76 Å². The number of rotatable bonds is 4. The van der Waals surface area contributed by atoms with Gasteiger partial charge in [-0.15, -0.1) is 0 Å². The minimum absolute atomic E-state index is 0.0767. The summed E-state index contributed by atoms with van der Waals surface area (Å²) in [7, 11) is 0. The molecule has 0 unspecified atom stereocenters. The van der Waals surface area contributed by atoms with Gasteiger partial charge in [-0.3, -0.25) is 9.78 Å².